The number of thiophene rings is 2. The maximum Gasteiger partial charge on any atom is 0.0592 e. The molecular formula is C11H12S3. The predicted molar refractivity (Wildman–Crippen MR) is 69.7 cm³/mol. The molecule has 0 spiro atoms. The van der Waals surface area contributed by atoms with E-state index in [0.717, 1.165) is 0 Å². The highest BCUT2D eigenvalue weighted by atomic mass is 32.2. The second kappa shape index (κ2) is 4.09. The zero-order valence-corrected chi connectivity index (χ0v) is 10.9. The number of hydrogen-bond acceptors (Lipinski definition) is 3. The summed E-state index contributed by atoms with van der Waals surface area (Å²) in [5, 5.41) is 2.26. The first-order valence-corrected chi connectivity index (χ1v) is 7.00. The van der Waals surface area contributed by atoms with Crippen molar-refractivity contribution in [2.24, 2.45) is 0 Å². The van der Waals surface area contributed by atoms with Crippen LogP contribution in [0, 0.1) is 6.92 Å². The average Bonchev–Trinajstić information content (AvgIpc) is 2.67. The molecule has 2 rings (SSSR count). The van der Waals surface area contributed by atoms with Crippen molar-refractivity contribution in [3.8, 4) is 0 Å². The van der Waals surface area contributed by atoms with E-state index in [-0.39, 0.29) is 0 Å². The molecular weight excluding hydrogens is 228 g/mol. The van der Waals surface area contributed by atoms with E-state index in [2.05, 4.69) is 38.3 Å². The zero-order valence-electron chi connectivity index (χ0n) is 8.46. The van der Waals surface area contributed by atoms with Crippen molar-refractivity contribution >= 4 is 43.8 Å². The van der Waals surface area contributed by atoms with Crippen molar-refractivity contribution in [1.82, 2.24) is 0 Å². The Morgan fingerprint density at radius 2 is 2.29 bits per heavy atom. The lowest BCUT2D eigenvalue weighted by Gasteiger charge is -1.96. The summed E-state index contributed by atoms with van der Waals surface area (Å²) < 4.78 is 2.89. The number of rotatable bonds is 2. The van der Waals surface area contributed by atoms with Gasteiger partial charge in [-0.15, -0.1) is 22.7 Å². The standard InChI is InChI=1S/C11H12S3/c1-4-7(2)13-10-6-12-9-5-8(3)14-11(9)10/h4-6H,1-3H3/b7-4-. The van der Waals surface area contributed by atoms with Crippen molar-refractivity contribution < 1.29 is 0 Å². The fourth-order valence-electron chi connectivity index (χ4n) is 1.22. The van der Waals surface area contributed by atoms with Crippen molar-refractivity contribution in [3.05, 3.63) is 27.3 Å². The molecule has 0 aliphatic carbocycles. The monoisotopic (exact) mass is 240 g/mol. The van der Waals surface area contributed by atoms with Gasteiger partial charge in [0.05, 0.1) is 4.70 Å². The fraction of sp³-hybridized carbons (Fsp3) is 0.273. The molecule has 0 nitrogen and oxygen atoms in total. The van der Waals surface area contributed by atoms with Gasteiger partial charge < -0.3 is 0 Å². The highest BCUT2D eigenvalue weighted by Gasteiger charge is 2.07. The summed E-state index contributed by atoms with van der Waals surface area (Å²) in [5.41, 5.74) is 0. The Hall–Kier alpha value is -0.250. The van der Waals surface area contributed by atoms with Crippen LogP contribution in [-0.4, -0.2) is 0 Å². The highest BCUT2D eigenvalue weighted by molar-refractivity contribution is 8.03. The minimum Gasteiger partial charge on any atom is -0.142 e. The summed E-state index contributed by atoms with van der Waals surface area (Å²) in [7, 11) is 0. The average molecular weight is 240 g/mol. The van der Waals surface area contributed by atoms with Crippen LogP contribution in [0.25, 0.3) is 9.40 Å². The van der Waals surface area contributed by atoms with Gasteiger partial charge in [-0.2, -0.15) is 0 Å². The van der Waals surface area contributed by atoms with E-state index in [9.17, 15) is 0 Å². The quantitative estimate of drug-likeness (QED) is 0.643. The van der Waals surface area contributed by atoms with Gasteiger partial charge in [0, 0.05) is 19.9 Å². The Bertz CT molecular complexity index is 474. The molecule has 2 aromatic heterocycles. The maximum absolute atomic E-state index is 2.28. The number of allylic oxidation sites excluding steroid dienone is 2. The summed E-state index contributed by atoms with van der Waals surface area (Å²) in [5.74, 6) is 0. The van der Waals surface area contributed by atoms with E-state index >= 15 is 0 Å². The molecule has 2 aromatic rings. The molecule has 0 aliphatic rings. The second-order valence-electron chi connectivity index (χ2n) is 3.15. The third-order valence-corrected chi connectivity index (χ3v) is 5.54. The van der Waals surface area contributed by atoms with Crippen LogP contribution < -0.4 is 0 Å². The molecule has 0 aliphatic heterocycles. The summed E-state index contributed by atoms with van der Waals surface area (Å²) in [6.45, 7) is 6.43. The molecule has 0 unspecified atom stereocenters. The summed E-state index contributed by atoms with van der Waals surface area (Å²) in [6.07, 6.45) is 2.16. The van der Waals surface area contributed by atoms with Crippen LogP contribution in [0.3, 0.4) is 0 Å². The molecule has 0 saturated carbocycles. The molecule has 14 heavy (non-hydrogen) atoms. The van der Waals surface area contributed by atoms with Gasteiger partial charge in [0.2, 0.25) is 0 Å². The molecule has 3 heteroatoms. The highest BCUT2D eigenvalue weighted by Crippen LogP contribution is 2.41. The molecule has 0 N–H and O–H groups in total. The van der Waals surface area contributed by atoms with Crippen LogP contribution in [0.15, 0.2) is 27.3 Å². The smallest absolute Gasteiger partial charge is 0.0592 e. The van der Waals surface area contributed by atoms with E-state index in [1.807, 2.05) is 34.4 Å². The summed E-state index contributed by atoms with van der Waals surface area (Å²) in [4.78, 5) is 4.20. The zero-order chi connectivity index (χ0) is 10.1. The largest absolute Gasteiger partial charge is 0.142 e. The van der Waals surface area contributed by atoms with Crippen LogP contribution in [0.2, 0.25) is 0 Å². The van der Waals surface area contributed by atoms with E-state index in [0.29, 0.717) is 0 Å². The predicted octanol–water partition coefficient (Wildman–Crippen LogP) is 5.29. The van der Waals surface area contributed by atoms with Crippen molar-refractivity contribution in [2.75, 3.05) is 0 Å². The number of thioether (sulfide) groups is 1. The lowest BCUT2D eigenvalue weighted by atomic mass is 10.5. The SMILES string of the molecule is C/C=C(/C)Sc1csc2cc(C)sc12. The number of hydrogen-bond donors (Lipinski definition) is 0. The Balaban J connectivity index is 2.42. The molecule has 0 aromatic carbocycles. The molecule has 2 heterocycles. The maximum atomic E-state index is 2.28. The van der Waals surface area contributed by atoms with Crippen LogP contribution >= 0.6 is 34.4 Å². The normalized spacial score (nSPS) is 12.6. The van der Waals surface area contributed by atoms with Gasteiger partial charge in [0.15, 0.2) is 0 Å². The molecule has 0 atom stereocenters. The van der Waals surface area contributed by atoms with Crippen LogP contribution in [-0.2, 0) is 0 Å². The van der Waals surface area contributed by atoms with Gasteiger partial charge in [-0.05, 0) is 31.7 Å². The Kier molecular flexibility index (Phi) is 3.00. The summed E-state index contributed by atoms with van der Waals surface area (Å²) in [6, 6.07) is 2.28. The van der Waals surface area contributed by atoms with Gasteiger partial charge >= 0.3 is 0 Å². The second-order valence-corrected chi connectivity index (χ2v) is 6.61. The Morgan fingerprint density at radius 1 is 1.50 bits per heavy atom. The van der Waals surface area contributed by atoms with Crippen LogP contribution in [0.5, 0.6) is 0 Å². The molecule has 0 fully saturated rings. The minimum atomic E-state index is 1.37. The lowest BCUT2D eigenvalue weighted by Crippen LogP contribution is -1.65. The fourth-order valence-corrected chi connectivity index (χ4v) is 4.59. The van der Waals surface area contributed by atoms with Gasteiger partial charge in [-0.25, -0.2) is 0 Å². The molecule has 0 saturated heterocycles. The topological polar surface area (TPSA) is 0 Å². The molecule has 74 valence electrons. The molecule has 0 bridgehead atoms. The van der Waals surface area contributed by atoms with Crippen molar-refractivity contribution in [3.63, 3.8) is 0 Å². The van der Waals surface area contributed by atoms with Crippen LogP contribution in [0.1, 0.15) is 18.7 Å². The number of aryl methyl sites for hydroxylation is 1. The minimum absolute atomic E-state index is 1.37. The van der Waals surface area contributed by atoms with Crippen molar-refractivity contribution in [1.29, 1.82) is 0 Å². The Morgan fingerprint density at radius 3 is 3.00 bits per heavy atom. The lowest BCUT2D eigenvalue weighted by molar-refractivity contribution is 1.58. The van der Waals surface area contributed by atoms with Crippen molar-refractivity contribution in [2.45, 2.75) is 25.7 Å². The first kappa shape index (κ1) is 10.3. The first-order chi connectivity index (χ1) is 6.70. The van der Waals surface area contributed by atoms with Gasteiger partial charge in [-0.3, -0.25) is 0 Å². The Labute approximate surface area is 96.7 Å². The molecule has 0 amide bonds. The van der Waals surface area contributed by atoms with Gasteiger partial charge in [-0.1, -0.05) is 17.8 Å². The first-order valence-electron chi connectivity index (χ1n) is 4.49. The molecule has 0 radical (unpaired) electrons. The third kappa shape index (κ3) is 1.90. The van der Waals surface area contributed by atoms with E-state index in [4.69, 9.17) is 0 Å². The van der Waals surface area contributed by atoms with Gasteiger partial charge in [0.1, 0.15) is 0 Å². The van der Waals surface area contributed by atoms with E-state index in [1.54, 1.807) is 0 Å². The van der Waals surface area contributed by atoms with Gasteiger partial charge in [0.25, 0.3) is 0 Å². The third-order valence-electron chi connectivity index (χ3n) is 2.02. The van der Waals surface area contributed by atoms with E-state index in [1.165, 1.54) is 24.1 Å². The number of fused-ring (bicyclic) bond motifs is 1. The van der Waals surface area contributed by atoms with Crippen LogP contribution in [0.4, 0.5) is 0 Å². The van der Waals surface area contributed by atoms with E-state index < -0.39 is 0 Å². The summed E-state index contributed by atoms with van der Waals surface area (Å²) >= 11 is 5.62.